The zero-order valence-electron chi connectivity index (χ0n) is 10.7. The molecule has 0 atom stereocenters. The highest BCUT2D eigenvalue weighted by atomic mass is 79.9. The Bertz CT molecular complexity index is 532. The number of nitrogens with zero attached hydrogens (tertiary/aromatic N) is 1. The summed E-state index contributed by atoms with van der Waals surface area (Å²) in [7, 11) is 0. The minimum atomic E-state index is 0.211. The van der Waals surface area contributed by atoms with Crippen molar-refractivity contribution in [2.75, 3.05) is 13.2 Å². The number of hydrazone groups is 1. The van der Waals surface area contributed by atoms with Crippen LogP contribution in [0.15, 0.2) is 26.2 Å². The fraction of sp³-hybridized carbons (Fsp3) is 0.231. The first-order chi connectivity index (χ1) is 9.58. The summed E-state index contributed by atoms with van der Waals surface area (Å²) in [6.45, 7) is 2.92. The zero-order valence-corrected chi connectivity index (χ0v) is 14.7. The van der Waals surface area contributed by atoms with E-state index in [2.05, 4.69) is 53.6 Å². The van der Waals surface area contributed by atoms with Crippen molar-refractivity contribution in [1.29, 1.82) is 0 Å². The highest BCUT2D eigenvalue weighted by Crippen LogP contribution is 2.34. The molecule has 0 aliphatic carbocycles. The van der Waals surface area contributed by atoms with E-state index in [0.29, 0.717) is 10.9 Å². The number of terminal acetylenes is 1. The van der Waals surface area contributed by atoms with E-state index >= 15 is 0 Å². The smallest absolute Gasteiger partial charge is 0.186 e. The van der Waals surface area contributed by atoms with E-state index in [4.69, 9.17) is 23.4 Å². The van der Waals surface area contributed by atoms with Crippen molar-refractivity contribution in [3.05, 3.63) is 26.6 Å². The Morgan fingerprint density at radius 3 is 2.70 bits per heavy atom. The van der Waals surface area contributed by atoms with E-state index in [1.165, 1.54) is 0 Å². The van der Waals surface area contributed by atoms with Gasteiger partial charge in [-0.1, -0.05) is 5.92 Å². The summed E-state index contributed by atoms with van der Waals surface area (Å²) in [6, 6.07) is 3.75. The Morgan fingerprint density at radius 2 is 2.15 bits per heavy atom. The lowest BCUT2D eigenvalue weighted by Crippen LogP contribution is -2.31. The van der Waals surface area contributed by atoms with Gasteiger partial charge in [-0.2, -0.15) is 5.10 Å². The molecular formula is C13H13Br2N3OS. The molecule has 7 heteroatoms. The second kappa shape index (κ2) is 8.95. The molecule has 4 nitrogen and oxygen atoms in total. The van der Waals surface area contributed by atoms with Gasteiger partial charge in [0.1, 0.15) is 12.4 Å². The fourth-order valence-electron chi connectivity index (χ4n) is 1.27. The van der Waals surface area contributed by atoms with Crippen molar-refractivity contribution in [2.24, 2.45) is 5.10 Å². The Kier molecular flexibility index (Phi) is 7.59. The summed E-state index contributed by atoms with van der Waals surface area (Å²) in [4.78, 5) is 0. The number of hydrogen-bond donors (Lipinski definition) is 2. The second-order valence-corrected chi connectivity index (χ2v) is 5.65. The third-order valence-electron chi connectivity index (χ3n) is 2.04. The van der Waals surface area contributed by atoms with Gasteiger partial charge < -0.3 is 10.1 Å². The lowest BCUT2D eigenvalue weighted by molar-refractivity contribution is 0.365. The minimum absolute atomic E-state index is 0.211. The number of ether oxygens (including phenoxy) is 1. The lowest BCUT2D eigenvalue weighted by Gasteiger charge is -2.09. The molecule has 1 rings (SSSR count). The van der Waals surface area contributed by atoms with Gasteiger partial charge in [0, 0.05) is 6.54 Å². The van der Waals surface area contributed by atoms with Crippen LogP contribution in [0.25, 0.3) is 0 Å². The Balaban J connectivity index is 2.76. The van der Waals surface area contributed by atoms with Gasteiger partial charge in [0.05, 0.1) is 15.2 Å². The Hall–Kier alpha value is -1.10. The van der Waals surface area contributed by atoms with Crippen LogP contribution >= 0.6 is 44.1 Å². The minimum Gasteiger partial charge on any atom is -0.479 e. The number of benzene rings is 1. The van der Waals surface area contributed by atoms with Gasteiger partial charge in [0.15, 0.2) is 5.11 Å². The predicted molar refractivity (Wildman–Crippen MR) is 93.2 cm³/mol. The van der Waals surface area contributed by atoms with Crippen LogP contribution in [0.1, 0.15) is 12.5 Å². The van der Waals surface area contributed by atoms with E-state index in [9.17, 15) is 0 Å². The average Bonchev–Trinajstić information content (AvgIpc) is 2.38. The van der Waals surface area contributed by atoms with Gasteiger partial charge in [-0.25, -0.2) is 0 Å². The number of thiocarbonyl (C=S) groups is 1. The third-order valence-corrected chi connectivity index (χ3v) is 3.45. The van der Waals surface area contributed by atoms with Crippen LogP contribution in [0.4, 0.5) is 0 Å². The van der Waals surface area contributed by atoms with Crippen LogP contribution < -0.4 is 15.5 Å². The van der Waals surface area contributed by atoms with E-state index in [-0.39, 0.29) is 6.61 Å². The van der Waals surface area contributed by atoms with Crippen molar-refractivity contribution in [3.8, 4) is 18.1 Å². The molecule has 0 unspecified atom stereocenters. The molecule has 2 N–H and O–H groups in total. The summed E-state index contributed by atoms with van der Waals surface area (Å²) in [6.07, 6.45) is 6.83. The van der Waals surface area contributed by atoms with Gasteiger partial charge in [-0.3, -0.25) is 5.43 Å². The van der Waals surface area contributed by atoms with Crippen molar-refractivity contribution in [2.45, 2.75) is 6.92 Å². The first-order valence-corrected chi connectivity index (χ1v) is 7.70. The molecule has 106 valence electrons. The standard InChI is InChI=1S/C13H13Br2N3OS/c1-3-5-19-12-10(14)6-9(7-11(12)15)8-17-18-13(20)16-4-2/h1,6-8H,4-5H2,2H3,(H2,16,18,20). The van der Waals surface area contributed by atoms with E-state index in [1.54, 1.807) is 6.21 Å². The van der Waals surface area contributed by atoms with Crippen LogP contribution in [0.5, 0.6) is 5.75 Å². The monoisotopic (exact) mass is 417 g/mol. The van der Waals surface area contributed by atoms with Crippen molar-refractivity contribution >= 4 is 55.4 Å². The quantitative estimate of drug-likeness (QED) is 0.334. The highest BCUT2D eigenvalue weighted by Gasteiger charge is 2.07. The van der Waals surface area contributed by atoms with E-state index in [1.807, 2.05) is 19.1 Å². The van der Waals surface area contributed by atoms with Crippen LogP contribution in [0.3, 0.4) is 0 Å². The number of halogens is 2. The van der Waals surface area contributed by atoms with Crippen LogP contribution in [0.2, 0.25) is 0 Å². The van der Waals surface area contributed by atoms with Crippen molar-refractivity contribution < 1.29 is 4.74 Å². The fourth-order valence-corrected chi connectivity index (χ4v) is 2.92. The molecule has 0 amide bonds. The summed E-state index contributed by atoms with van der Waals surface area (Å²) in [5, 5.41) is 7.46. The number of hydrogen-bond acceptors (Lipinski definition) is 3. The van der Waals surface area contributed by atoms with Crippen molar-refractivity contribution in [3.63, 3.8) is 0 Å². The van der Waals surface area contributed by atoms with E-state index < -0.39 is 0 Å². The second-order valence-electron chi connectivity index (χ2n) is 3.54. The number of nitrogens with one attached hydrogen (secondary N) is 2. The maximum absolute atomic E-state index is 5.43. The van der Waals surface area contributed by atoms with Crippen molar-refractivity contribution in [1.82, 2.24) is 10.7 Å². The van der Waals surface area contributed by atoms with E-state index in [0.717, 1.165) is 21.1 Å². The molecule has 0 aliphatic heterocycles. The third kappa shape index (κ3) is 5.49. The maximum atomic E-state index is 5.43. The molecule has 0 radical (unpaired) electrons. The maximum Gasteiger partial charge on any atom is 0.186 e. The Labute approximate surface area is 140 Å². The summed E-state index contributed by atoms with van der Waals surface area (Å²) in [5.41, 5.74) is 3.60. The average molecular weight is 419 g/mol. The summed E-state index contributed by atoms with van der Waals surface area (Å²) in [5.74, 6) is 3.09. The first-order valence-electron chi connectivity index (χ1n) is 5.70. The van der Waals surface area contributed by atoms with Crippen LogP contribution in [-0.4, -0.2) is 24.5 Å². The Morgan fingerprint density at radius 1 is 1.50 bits per heavy atom. The van der Waals surface area contributed by atoms with Gasteiger partial charge in [-0.15, -0.1) is 6.42 Å². The van der Waals surface area contributed by atoms with Crippen LogP contribution in [0, 0.1) is 12.3 Å². The molecule has 0 bridgehead atoms. The molecule has 1 aromatic carbocycles. The molecule has 1 aromatic rings. The largest absolute Gasteiger partial charge is 0.479 e. The molecular weight excluding hydrogens is 406 g/mol. The SMILES string of the molecule is C#CCOc1c(Br)cc(C=NNC(=S)NCC)cc1Br. The van der Waals surface area contributed by atoms with Crippen LogP contribution in [-0.2, 0) is 0 Å². The van der Waals surface area contributed by atoms with Gasteiger partial charge in [0.2, 0.25) is 0 Å². The predicted octanol–water partition coefficient (Wildman–Crippen LogP) is 3.04. The van der Waals surface area contributed by atoms with Gasteiger partial charge >= 0.3 is 0 Å². The molecule has 0 saturated carbocycles. The lowest BCUT2D eigenvalue weighted by atomic mass is 10.2. The van der Waals surface area contributed by atoms with Gasteiger partial charge in [0.25, 0.3) is 0 Å². The number of rotatable bonds is 5. The molecule has 0 spiro atoms. The molecule has 0 aromatic heterocycles. The molecule has 0 fully saturated rings. The topological polar surface area (TPSA) is 45.6 Å². The summed E-state index contributed by atoms with van der Waals surface area (Å²) < 4.78 is 7.00. The first kappa shape index (κ1) is 17.0. The summed E-state index contributed by atoms with van der Waals surface area (Å²) >= 11 is 11.9. The molecule has 0 saturated heterocycles. The molecule has 0 heterocycles. The van der Waals surface area contributed by atoms with Gasteiger partial charge in [-0.05, 0) is 68.7 Å². The molecule has 20 heavy (non-hydrogen) atoms. The normalized spacial score (nSPS) is 10.1. The highest BCUT2D eigenvalue weighted by molar-refractivity contribution is 9.11. The molecule has 0 aliphatic rings. The zero-order chi connectivity index (χ0) is 15.0.